The van der Waals surface area contributed by atoms with Crippen molar-refractivity contribution in [3.8, 4) is 0 Å². The number of hydrogen-bond donors (Lipinski definition) is 0. The van der Waals surface area contributed by atoms with E-state index in [0.717, 1.165) is 12.8 Å². The van der Waals surface area contributed by atoms with Crippen LogP contribution in [0.4, 0.5) is 0 Å². The topological polar surface area (TPSA) is 72.9 Å². The van der Waals surface area contributed by atoms with Gasteiger partial charge in [0.2, 0.25) is 5.72 Å². The Labute approximate surface area is 152 Å². The van der Waals surface area contributed by atoms with E-state index in [1.807, 2.05) is 6.92 Å². The predicted molar refractivity (Wildman–Crippen MR) is 92.1 cm³/mol. The average Bonchev–Trinajstić information content (AvgIpc) is 2.70. The molecule has 1 rings (SSSR count). The lowest BCUT2D eigenvalue weighted by molar-refractivity contribution is -0.171. The van der Waals surface area contributed by atoms with Gasteiger partial charge in [-0.15, -0.1) is 0 Å². The molecule has 0 radical (unpaired) electrons. The summed E-state index contributed by atoms with van der Waals surface area (Å²) < 4.78 is 9.89. The molecule has 0 fully saturated rings. The largest absolute Gasteiger partial charge is 0.464 e. The Bertz CT molecular complexity index is 506. The summed E-state index contributed by atoms with van der Waals surface area (Å²) in [5, 5.41) is 0. The molecule has 8 heteroatoms. The number of carbonyl (C=O) groups excluding carboxylic acids is 3. The number of alkyl halides is 2. The summed E-state index contributed by atoms with van der Waals surface area (Å²) in [5.41, 5.74) is -0.675. The highest BCUT2D eigenvalue weighted by Crippen LogP contribution is 2.40. The zero-order valence-corrected chi connectivity index (χ0v) is 16.6. The molecule has 1 heterocycles. The van der Waals surface area contributed by atoms with Gasteiger partial charge < -0.3 is 9.47 Å². The smallest absolute Gasteiger partial charge is 0.305 e. The summed E-state index contributed by atoms with van der Waals surface area (Å²) in [7, 11) is 0. The third-order valence-corrected chi connectivity index (χ3v) is 4.67. The Hall–Kier alpha value is -0.890. The maximum absolute atomic E-state index is 12.7. The van der Waals surface area contributed by atoms with E-state index in [2.05, 4.69) is 31.9 Å². The number of hydrogen-bond acceptors (Lipinski definition) is 5. The lowest BCUT2D eigenvalue weighted by atomic mass is 10.1. The fraction of sp³-hybridized carbons (Fsp3) is 0.667. The number of halogens is 2. The first kappa shape index (κ1) is 20.2. The summed E-state index contributed by atoms with van der Waals surface area (Å²) in [5.74, 6) is -1.15. The number of esters is 2. The van der Waals surface area contributed by atoms with E-state index in [9.17, 15) is 14.4 Å². The molecular weight excluding hydrogens is 434 g/mol. The standard InChI is InChI=1S/C15H21Br2NO5/c1-4-5-6-12-9-15(14(16)17,23-11(3)20)18(13(12)21)7-8-22-10(2)19/h9,14H,4-8H2,1-3H3. The van der Waals surface area contributed by atoms with Crippen LogP contribution in [0.1, 0.15) is 40.0 Å². The van der Waals surface area contributed by atoms with Crippen molar-refractivity contribution in [1.82, 2.24) is 4.90 Å². The van der Waals surface area contributed by atoms with E-state index in [1.165, 1.54) is 18.7 Å². The van der Waals surface area contributed by atoms with Crippen LogP contribution >= 0.6 is 31.9 Å². The van der Waals surface area contributed by atoms with E-state index in [1.54, 1.807) is 6.08 Å². The van der Waals surface area contributed by atoms with Gasteiger partial charge in [0.1, 0.15) is 10.3 Å². The molecule has 0 aliphatic carbocycles. The Kier molecular flexibility index (Phi) is 7.73. The number of nitrogens with zero attached hydrogens (tertiary/aromatic N) is 1. The van der Waals surface area contributed by atoms with Gasteiger partial charge in [-0.1, -0.05) is 45.2 Å². The highest BCUT2D eigenvalue weighted by molar-refractivity contribution is 9.24. The van der Waals surface area contributed by atoms with E-state index in [4.69, 9.17) is 9.47 Å². The van der Waals surface area contributed by atoms with Crippen LogP contribution in [-0.2, 0) is 23.9 Å². The third-order valence-electron chi connectivity index (χ3n) is 3.36. The van der Waals surface area contributed by atoms with Crippen LogP contribution in [0.5, 0.6) is 0 Å². The van der Waals surface area contributed by atoms with Crippen molar-refractivity contribution < 1.29 is 23.9 Å². The molecular formula is C15H21Br2NO5. The highest BCUT2D eigenvalue weighted by atomic mass is 79.9. The number of rotatable bonds is 8. The Morgan fingerprint density at radius 3 is 2.43 bits per heavy atom. The fourth-order valence-corrected chi connectivity index (χ4v) is 3.31. The van der Waals surface area contributed by atoms with Gasteiger partial charge in [0.25, 0.3) is 5.91 Å². The first-order chi connectivity index (χ1) is 10.7. The fourth-order valence-electron chi connectivity index (χ4n) is 2.36. The second-order valence-electron chi connectivity index (χ2n) is 5.22. The maximum atomic E-state index is 12.7. The van der Waals surface area contributed by atoms with Crippen LogP contribution in [0.2, 0.25) is 0 Å². The van der Waals surface area contributed by atoms with Crippen molar-refractivity contribution in [3.63, 3.8) is 0 Å². The van der Waals surface area contributed by atoms with Crippen LogP contribution in [0.15, 0.2) is 11.6 Å². The second kappa shape index (κ2) is 8.82. The monoisotopic (exact) mass is 453 g/mol. The minimum absolute atomic E-state index is 0.0334. The molecule has 0 saturated carbocycles. The highest BCUT2D eigenvalue weighted by Gasteiger charge is 2.51. The lowest BCUT2D eigenvalue weighted by Gasteiger charge is -2.38. The number of carbonyl (C=O) groups is 3. The molecule has 130 valence electrons. The van der Waals surface area contributed by atoms with Crippen LogP contribution in [0.25, 0.3) is 0 Å². The zero-order valence-electron chi connectivity index (χ0n) is 13.4. The minimum atomic E-state index is -1.27. The molecule has 1 unspecified atom stereocenters. The van der Waals surface area contributed by atoms with Gasteiger partial charge in [-0.2, -0.15) is 0 Å². The number of amides is 1. The summed E-state index contributed by atoms with van der Waals surface area (Å²) in [6, 6.07) is 0. The van der Waals surface area contributed by atoms with Gasteiger partial charge in [0.05, 0.1) is 6.54 Å². The van der Waals surface area contributed by atoms with Crippen molar-refractivity contribution in [1.29, 1.82) is 0 Å². The maximum Gasteiger partial charge on any atom is 0.305 e. The molecule has 1 aliphatic rings. The lowest BCUT2D eigenvalue weighted by Crippen LogP contribution is -2.54. The van der Waals surface area contributed by atoms with E-state index in [0.29, 0.717) is 12.0 Å². The van der Waals surface area contributed by atoms with Crippen LogP contribution in [0, 0.1) is 0 Å². The SMILES string of the molecule is CCCCC1=CC(OC(C)=O)(C(Br)Br)N(CCOC(C)=O)C1=O. The first-order valence-electron chi connectivity index (χ1n) is 7.39. The van der Waals surface area contributed by atoms with Crippen LogP contribution < -0.4 is 0 Å². The molecule has 0 saturated heterocycles. The second-order valence-corrected chi connectivity index (χ2v) is 8.28. The predicted octanol–water partition coefficient (Wildman–Crippen LogP) is 2.88. The van der Waals surface area contributed by atoms with Crippen LogP contribution in [-0.4, -0.2) is 45.4 Å². The van der Waals surface area contributed by atoms with Gasteiger partial charge in [0.15, 0.2) is 0 Å². The molecule has 1 aliphatic heterocycles. The molecule has 0 bridgehead atoms. The Balaban J connectivity index is 3.08. The molecule has 0 spiro atoms. The molecule has 0 aromatic heterocycles. The third kappa shape index (κ3) is 5.04. The molecule has 1 amide bonds. The summed E-state index contributed by atoms with van der Waals surface area (Å²) in [6.45, 7) is 4.79. The van der Waals surface area contributed by atoms with Crippen molar-refractivity contribution >= 4 is 49.7 Å². The van der Waals surface area contributed by atoms with E-state index in [-0.39, 0.29) is 19.1 Å². The van der Waals surface area contributed by atoms with Crippen LogP contribution in [0.3, 0.4) is 0 Å². The minimum Gasteiger partial charge on any atom is -0.464 e. The van der Waals surface area contributed by atoms with Gasteiger partial charge in [-0.3, -0.25) is 19.3 Å². The van der Waals surface area contributed by atoms with Crippen molar-refractivity contribution in [2.75, 3.05) is 13.2 Å². The summed E-state index contributed by atoms with van der Waals surface area (Å²) in [6.07, 6.45) is 4.09. The number of ether oxygens (including phenoxy) is 2. The van der Waals surface area contributed by atoms with Crippen molar-refractivity contribution in [2.45, 2.75) is 49.5 Å². The molecule has 6 nitrogen and oxygen atoms in total. The Morgan fingerprint density at radius 1 is 1.30 bits per heavy atom. The summed E-state index contributed by atoms with van der Waals surface area (Å²) >= 11 is 6.73. The molecule has 0 aromatic carbocycles. The molecule has 0 N–H and O–H groups in total. The summed E-state index contributed by atoms with van der Waals surface area (Å²) in [4.78, 5) is 36.6. The molecule has 1 atom stereocenters. The van der Waals surface area contributed by atoms with Crippen molar-refractivity contribution in [3.05, 3.63) is 11.6 Å². The molecule has 23 heavy (non-hydrogen) atoms. The molecule has 0 aromatic rings. The van der Waals surface area contributed by atoms with Gasteiger partial charge in [0, 0.05) is 19.4 Å². The van der Waals surface area contributed by atoms with Gasteiger partial charge in [-0.25, -0.2) is 0 Å². The normalized spacial score (nSPS) is 20.7. The first-order valence-corrected chi connectivity index (χ1v) is 9.22. The Morgan fingerprint density at radius 2 is 1.96 bits per heavy atom. The average molecular weight is 455 g/mol. The zero-order chi connectivity index (χ0) is 17.6. The van der Waals surface area contributed by atoms with Gasteiger partial charge in [-0.05, 0) is 18.9 Å². The van der Waals surface area contributed by atoms with Gasteiger partial charge >= 0.3 is 11.9 Å². The number of unbranched alkanes of at least 4 members (excludes halogenated alkanes) is 1. The quantitative estimate of drug-likeness (QED) is 0.416. The van der Waals surface area contributed by atoms with Crippen molar-refractivity contribution in [2.24, 2.45) is 0 Å². The van der Waals surface area contributed by atoms with E-state index >= 15 is 0 Å². The van der Waals surface area contributed by atoms with E-state index < -0.39 is 21.4 Å².